The molecule has 11 heteroatoms. The van der Waals surface area contributed by atoms with Crippen molar-refractivity contribution in [2.75, 3.05) is 30.3 Å². The molecule has 0 aliphatic carbocycles. The maximum Gasteiger partial charge on any atom is 0.318 e. The number of nitrogens with one attached hydrogen (secondary N) is 2. The fourth-order valence-corrected chi connectivity index (χ4v) is 4.27. The largest absolute Gasteiger partial charge is 0.353 e. The van der Waals surface area contributed by atoms with Gasteiger partial charge in [-0.3, -0.25) is 9.78 Å². The van der Waals surface area contributed by atoms with Crippen LogP contribution in [-0.4, -0.2) is 68.8 Å². The average Bonchev–Trinajstić information content (AvgIpc) is 2.75. The summed E-state index contributed by atoms with van der Waals surface area (Å²) in [4.78, 5) is 41.5. The molecule has 2 N–H and O–H groups in total. The first kappa shape index (κ1) is 25.0. The molecule has 1 saturated heterocycles. The van der Waals surface area contributed by atoms with Crippen molar-refractivity contribution in [3.8, 4) is 0 Å². The van der Waals surface area contributed by atoms with Crippen LogP contribution in [0.25, 0.3) is 0 Å². The molecule has 178 valence electrons. The highest BCUT2D eigenvalue weighted by molar-refractivity contribution is 7.99. The minimum Gasteiger partial charge on any atom is -0.353 e. The van der Waals surface area contributed by atoms with E-state index >= 15 is 0 Å². The molecule has 1 aliphatic rings. The number of anilines is 1. The van der Waals surface area contributed by atoms with Gasteiger partial charge < -0.3 is 20.4 Å². The molecule has 1 unspecified atom stereocenters. The van der Waals surface area contributed by atoms with Gasteiger partial charge in [0.25, 0.3) is 0 Å². The van der Waals surface area contributed by atoms with Gasteiger partial charge in [0.2, 0.25) is 5.91 Å². The third-order valence-corrected chi connectivity index (χ3v) is 5.97. The van der Waals surface area contributed by atoms with Crippen molar-refractivity contribution >= 4 is 41.1 Å². The number of thioether (sulfide) groups is 1. The Morgan fingerprint density at radius 1 is 1.21 bits per heavy atom. The Balaban J connectivity index is 1.55. The quantitative estimate of drug-likeness (QED) is 0.363. The number of carbonyl (C=O) groups excluding carboxylic acids is 2. The highest BCUT2D eigenvalue weighted by atomic mass is 35.5. The van der Waals surface area contributed by atoms with Crippen LogP contribution in [0, 0.1) is 0 Å². The Labute approximate surface area is 203 Å². The molecule has 1 aliphatic heterocycles. The molecule has 2 aromatic rings. The van der Waals surface area contributed by atoms with E-state index in [-0.39, 0.29) is 29.3 Å². The number of urea groups is 1. The monoisotopic (exact) mass is 491 g/mol. The standard InChI is InChI=1S/C22H30ClN7O2S/c1-15-13-29(9-10-30(15)21(32)28-22(2,3)4)18-11-17(23)26-20(27-18)33-14-19(31)25-12-16-5-7-24-8-6-16/h5-8,11,15H,9-10,12-14H2,1-4H3,(H,25,31)(H,28,32). The van der Waals surface area contributed by atoms with Gasteiger partial charge in [0.05, 0.1) is 5.75 Å². The Morgan fingerprint density at radius 3 is 2.61 bits per heavy atom. The maximum atomic E-state index is 12.6. The maximum absolute atomic E-state index is 12.6. The number of halogens is 1. The van der Waals surface area contributed by atoms with E-state index in [4.69, 9.17) is 11.6 Å². The predicted molar refractivity (Wildman–Crippen MR) is 131 cm³/mol. The number of aromatic nitrogens is 3. The van der Waals surface area contributed by atoms with Crippen molar-refractivity contribution in [1.29, 1.82) is 0 Å². The lowest BCUT2D eigenvalue weighted by Crippen LogP contribution is -2.59. The zero-order valence-electron chi connectivity index (χ0n) is 19.3. The molecule has 0 radical (unpaired) electrons. The number of hydrogen-bond donors (Lipinski definition) is 2. The van der Waals surface area contributed by atoms with Crippen molar-refractivity contribution in [2.45, 2.75) is 51.0 Å². The van der Waals surface area contributed by atoms with Gasteiger partial charge in [-0.1, -0.05) is 23.4 Å². The van der Waals surface area contributed by atoms with Crippen LogP contribution in [0.2, 0.25) is 5.15 Å². The third kappa shape index (κ3) is 7.75. The summed E-state index contributed by atoms with van der Waals surface area (Å²) in [6, 6.07) is 5.36. The van der Waals surface area contributed by atoms with Crippen molar-refractivity contribution in [1.82, 2.24) is 30.5 Å². The first-order valence-corrected chi connectivity index (χ1v) is 12.1. The summed E-state index contributed by atoms with van der Waals surface area (Å²) in [7, 11) is 0. The van der Waals surface area contributed by atoms with Gasteiger partial charge in [-0.05, 0) is 45.4 Å². The first-order valence-electron chi connectivity index (χ1n) is 10.8. The van der Waals surface area contributed by atoms with E-state index in [0.717, 1.165) is 5.56 Å². The van der Waals surface area contributed by atoms with Gasteiger partial charge in [-0.15, -0.1) is 0 Å². The molecule has 3 amide bonds. The Hall–Kier alpha value is -2.59. The predicted octanol–water partition coefficient (Wildman–Crippen LogP) is 2.95. The minimum absolute atomic E-state index is 0.00454. The first-order chi connectivity index (χ1) is 15.6. The van der Waals surface area contributed by atoms with Gasteiger partial charge in [0, 0.05) is 56.2 Å². The van der Waals surface area contributed by atoms with Crippen molar-refractivity contribution in [3.05, 3.63) is 41.3 Å². The number of nitrogens with zero attached hydrogens (tertiary/aromatic N) is 5. The van der Waals surface area contributed by atoms with E-state index in [2.05, 4.69) is 30.5 Å². The van der Waals surface area contributed by atoms with E-state index in [1.54, 1.807) is 18.5 Å². The van der Waals surface area contributed by atoms with Crippen LogP contribution in [0.4, 0.5) is 10.6 Å². The summed E-state index contributed by atoms with van der Waals surface area (Å²) in [5.41, 5.74) is 0.694. The van der Waals surface area contributed by atoms with Crippen LogP contribution in [0.15, 0.2) is 35.7 Å². The summed E-state index contributed by atoms with van der Waals surface area (Å²) < 4.78 is 0. The molecular weight excluding hydrogens is 462 g/mol. The molecule has 2 aromatic heterocycles. The fraction of sp³-hybridized carbons (Fsp3) is 0.500. The number of hydrogen-bond acceptors (Lipinski definition) is 7. The minimum atomic E-state index is -0.287. The molecule has 9 nitrogen and oxygen atoms in total. The average molecular weight is 492 g/mol. The summed E-state index contributed by atoms with van der Waals surface area (Å²) in [5.74, 6) is 0.758. The molecular formula is C22H30ClN7O2S. The number of pyridine rings is 1. The summed E-state index contributed by atoms with van der Waals surface area (Å²) in [5, 5.41) is 6.65. The molecule has 3 heterocycles. The lowest BCUT2D eigenvalue weighted by Gasteiger charge is -2.41. The van der Waals surface area contributed by atoms with Gasteiger partial charge in [0.15, 0.2) is 5.16 Å². The highest BCUT2D eigenvalue weighted by Gasteiger charge is 2.30. The van der Waals surface area contributed by atoms with E-state index in [1.807, 2.05) is 44.7 Å². The van der Waals surface area contributed by atoms with Gasteiger partial charge >= 0.3 is 6.03 Å². The number of piperazine rings is 1. The number of rotatable bonds is 6. The lowest BCUT2D eigenvalue weighted by atomic mass is 10.1. The normalized spacial score (nSPS) is 16.5. The van der Waals surface area contributed by atoms with Crippen molar-refractivity contribution in [2.24, 2.45) is 0 Å². The van der Waals surface area contributed by atoms with Crippen LogP contribution in [0.1, 0.15) is 33.3 Å². The second-order valence-corrected chi connectivity index (χ2v) is 10.3. The highest BCUT2D eigenvalue weighted by Crippen LogP contribution is 2.24. The smallest absolute Gasteiger partial charge is 0.318 e. The second kappa shape index (κ2) is 11.0. The van der Waals surface area contributed by atoms with Gasteiger partial charge in [-0.2, -0.15) is 0 Å². The summed E-state index contributed by atoms with van der Waals surface area (Å²) in [6.07, 6.45) is 3.38. The summed E-state index contributed by atoms with van der Waals surface area (Å²) >= 11 is 7.48. The lowest BCUT2D eigenvalue weighted by molar-refractivity contribution is -0.118. The zero-order chi connectivity index (χ0) is 24.0. The van der Waals surface area contributed by atoms with E-state index < -0.39 is 0 Å². The Bertz CT molecular complexity index is 971. The van der Waals surface area contributed by atoms with E-state index in [9.17, 15) is 9.59 Å². The fourth-order valence-electron chi connectivity index (χ4n) is 3.35. The van der Waals surface area contributed by atoms with Crippen molar-refractivity contribution < 1.29 is 9.59 Å². The number of amides is 3. The van der Waals surface area contributed by atoms with E-state index in [1.165, 1.54) is 11.8 Å². The van der Waals surface area contributed by atoms with Gasteiger partial charge in [-0.25, -0.2) is 14.8 Å². The van der Waals surface area contributed by atoms with E-state index in [0.29, 0.717) is 42.3 Å². The Morgan fingerprint density at radius 2 is 1.94 bits per heavy atom. The van der Waals surface area contributed by atoms with Crippen molar-refractivity contribution in [3.63, 3.8) is 0 Å². The van der Waals surface area contributed by atoms with Crippen LogP contribution >= 0.6 is 23.4 Å². The number of carbonyl (C=O) groups is 2. The zero-order valence-corrected chi connectivity index (χ0v) is 20.9. The third-order valence-electron chi connectivity index (χ3n) is 4.93. The molecule has 0 aromatic carbocycles. The SMILES string of the molecule is CC1CN(c2cc(Cl)nc(SCC(=O)NCc3ccncc3)n2)CCN1C(=O)NC(C)(C)C. The topological polar surface area (TPSA) is 103 Å². The molecule has 33 heavy (non-hydrogen) atoms. The van der Waals surface area contributed by atoms with Crippen LogP contribution in [0.3, 0.4) is 0 Å². The summed E-state index contributed by atoms with van der Waals surface area (Å²) in [6.45, 7) is 10.2. The molecule has 0 saturated carbocycles. The molecule has 0 bridgehead atoms. The van der Waals surface area contributed by atoms with Gasteiger partial charge in [0.1, 0.15) is 11.0 Å². The molecule has 1 atom stereocenters. The second-order valence-electron chi connectivity index (χ2n) is 8.92. The van der Waals surface area contributed by atoms with Crippen LogP contribution in [-0.2, 0) is 11.3 Å². The van der Waals surface area contributed by atoms with Crippen LogP contribution < -0.4 is 15.5 Å². The molecule has 0 spiro atoms. The Kier molecular flexibility index (Phi) is 8.36. The van der Waals surface area contributed by atoms with Crippen LogP contribution in [0.5, 0.6) is 0 Å². The molecule has 1 fully saturated rings. The molecule has 3 rings (SSSR count).